The van der Waals surface area contributed by atoms with Gasteiger partial charge in [-0.2, -0.15) is 0 Å². The summed E-state index contributed by atoms with van der Waals surface area (Å²) in [4.78, 5) is 4.40. The van der Waals surface area contributed by atoms with Crippen LogP contribution in [0.5, 0.6) is 0 Å². The summed E-state index contributed by atoms with van der Waals surface area (Å²) in [6.07, 6.45) is 0. The van der Waals surface area contributed by atoms with Gasteiger partial charge in [0.25, 0.3) is 0 Å². The molecule has 3 nitrogen and oxygen atoms in total. The van der Waals surface area contributed by atoms with Gasteiger partial charge in [-0.25, -0.2) is 0 Å². The van der Waals surface area contributed by atoms with Gasteiger partial charge in [0.15, 0.2) is 0 Å². The molecule has 1 N–H and O–H groups in total. The van der Waals surface area contributed by atoms with Crippen LogP contribution in [0.15, 0.2) is 18.2 Å². The molecule has 0 saturated heterocycles. The Bertz CT molecular complexity index is 379. The molecule has 4 heteroatoms. The molecule has 0 aliphatic rings. The Labute approximate surface area is 116 Å². The number of nitrogens with one attached hydrogen (secondary N) is 1. The number of nitrogens with zero attached hydrogens (tertiary/aromatic N) is 2. The molecule has 1 aromatic carbocycles. The molecule has 1 aromatic rings. The molecule has 0 aromatic heterocycles. The number of benzene rings is 1. The van der Waals surface area contributed by atoms with Crippen molar-refractivity contribution < 1.29 is 0 Å². The van der Waals surface area contributed by atoms with Gasteiger partial charge in [-0.15, -0.1) is 0 Å². The fourth-order valence-corrected chi connectivity index (χ4v) is 2.08. The summed E-state index contributed by atoms with van der Waals surface area (Å²) in [7, 11) is 8.20. The number of rotatable bonds is 6. The van der Waals surface area contributed by atoms with Crippen molar-refractivity contribution >= 4 is 17.3 Å². The molecule has 1 rings (SSSR count). The summed E-state index contributed by atoms with van der Waals surface area (Å²) in [5.41, 5.74) is 2.30. The van der Waals surface area contributed by atoms with E-state index >= 15 is 0 Å². The predicted octanol–water partition coefficient (Wildman–Crippen LogP) is 2.62. The lowest BCUT2D eigenvalue weighted by Crippen LogP contribution is -2.28. The van der Waals surface area contributed by atoms with Crippen molar-refractivity contribution in [1.29, 1.82) is 0 Å². The first-order chi connectivity index (χ1) is 8.45. The van der Waals surface area contributed by atoms with E-state index in [1.54, 1.807) is 0 Å². The molecular weight excluding hydrogens is 246 g/mol. The SMILES string of the molecule is CNC(C)c1ccc(N(C)CCN(C)C)cc1Cl. The average Bonchev–Trinajstić information content (AvgIpc) is 2.34. The fourth-order valence-electron chi connectivity index (χ4n) is 1.74. The van der Waals surface area contributed by atoms with Crippen LogP contribution in [0.1, 0.15) is 18.5 Å². The first-order valence-electron chi connectivity index (χ1n) is 6.28. The van der Waals surface area contributed by atoms with Crippen molar-refractivity contribution in [3.63, 3.8) is 0 Å². The monoisotopic (exact) mass is 269 g/mol. The normalized spacial score (nSPS) is 12.8. The highest BCUT2D eigenvalue weighted by molar-refractivity contribution is 6.31. The van der Waals surface area contributed by atoms with Gasteiger partial charge in [0, 0.05) is 36.9 Å². The highest BCUT2D eigenvalue weighted by Crippen LogP contribution is 2.27. The van der Waals surface area contributed by atoms with Crippen molar-refractivity contribution in [2.24, 2.45) is 0 Å². The van der Waals surface area contributed by atoms with Gasteiger partial charge in [-0.1, -0.05) is 17.7 Å². The van der Waals surface area contributed by atoms with Crippen LogP contribution in [0.3, 0.4) is 0 Å². The van der Waals surface area contributed by atoms with Crippen LogP contribution in [0, 0.1) is 0 Å². The molecule has 18 heavy (non-hydrogen) atoms. The van der Waals surface area contributed by atoms with Gasteiger partial charge in [-0.3, -0.25) is 0 Å². The van der Waals surface area contributed by atoms with Crippen molar-refractivity contribution in [2.45, 2.75) is 13.0 Å². The number of anilines is 1. The van der Waals surface area contributed by atoms with Crippen molar-refractivity contribution in [3.05, 3.63) is 28.8 Å². The number of hydrogen-bond acceptors (Lipinski definition) is 3. The third-order valence-electron chi connectivity index (χ3n) is 3.21. The molecular formula is C14H24ClN3. The first-order valence-corrected chi connectivity index (χ1v) is 6.66. The zero-order valence-corrected chi connectivity index (χ0v) is 12.8. The van der Waals surface area contributed by atoms with Gasteiger partial charge >= 0.3 is 0 Å². The molecule has 1 atom stereocenters. The Hall–Kier alpha value is -0.770. The molecule has 0 fully saturated rings. The molecule has 0 heterocycles. The van der Waals surface area contributed by atoms with Crippen LogP contribution in [0.4, 0.5) is 5.69 Å². The lowest BCUT2D eigenvalue weighted by Gasteiger charge is -2.23. The van der Waals surface area contributed by atoms with Crippen molar-refractivity contribution in [1.82, 2.24) is 10.2 Å². The van der Waals surface area contributed by atoms with E-state index in [0.29, 0.717) is 0 Å². The van der Waals surface area contributed by atoms with Gasteiger partial charge in [0.1, 0.15) is 0 Å². The Morgan fingerprint density at radius 1 is 1.22 bits per heavy atom. The third kappa shape index (κ3) is 4.16. The second-order valence-corrected chi connectivity index (χ2v) is 5.35. The fraction of sp³-hybridized carbons (Fsp3) is 0.571. The van der Waals surface area contributed by atoms with Crippen LogP contribution < -0.4 is 10.2 Å². The van der Waals surface area contributed by atoms with Gasteiger partial charge in [0.05, 0.1) is 0 Å². The van der Waals surface area contributed by atoms with Gasteiger partial charge in [-0.05, 0) is 45.8 Å². The smallest absolute Gasteiger partial charge is 0.0474 e. The minimum Gasteiger partial charge on any atom is -0.373 e. The summed E-state index contributed by atoms with van der Waals surface area (Å²) < 4.78 is 0. The van der Waals surface area contributed by atoms with E-state index in [-0.39, 0.29) is 6.04 Å². The molecule has 0 amide bonds. The quantitative estimate of drug-likeness (QED) is 0.857. The standard InChI is InChI=1S/C14H24ClN3/c1-11(16-2)13-7-6-12(10-14(13)15)18(5)9-8-17(3)4/h6-7,10-11,16H,8-9H2,1-5H3. The van der Waals surface area contributed by atoms with E-state index in [9.17, 15) is 0 Å². The summed E-state index contributed by atoms with van der Waals surface area (Å²) in [5.74, 6) is 0. The van der Waals surface area contributed by atoms with Crippen molar-refractivity contribution in [3.8, 4) is 0 Å². The largest absolute Gasteiger partial charge is 0.373 e. The minimum atomic E-state index is 0.277. The molecule has 0 spiro atoms. The van der Waals surface area contributed by atoms with Crippen LogP contribution in [0.25, 0.3) is 0 Å². The van der Waals surface area contributed by atoms with Crippen molar-refractivity contribution in [2.75, 3.05) is 46.2 Å². The topological polar surface area (TPSA) is 18.5 Å². The van der Waals surface area contributed by atoms with E-state index in [1.165, 1.54) is 0 Å². The van der Waals surface area contributed by atoms with E-state index < -0.39 is 0 Å². The summed E-state index contributed by atoms with van der Waals surface area (Å²) in [6.45, 7) is 4.13. The molecule has 1 unspecified atom stereocenters. The molecule has 0 aliphatic heterocycles. The van der Waals surface area contributed by atoms with Gasteiger partial charge < -0.3 is 15.1 Å². The van der Waals surface area contributed by atoms with E-state index in [2.05, 4.69) is 55.3 Å². The van der Waals surface area contributed by atoms with E-state index in [0.717, 1.165) is 29.4 Å². The van der Waals surface area contributed by atoms with Crippen LogP contribution in [-0.2, 0) is 0 Å². The Morgan fingerprint density at radius 3 is 2.39 bits per heavy atom. The Balaban J connectivity index is 2.77. The lowest BCUT2D eigenvalue weighted by molar-refractivity contribution is 0.416. The number of halogens is 1. The zero-order chi connectivity index (χ0) is 13.7. The number of hydrogen-bond donors (Lipinski definition) is 1. The molecule has 102 valence electrons. The summed E-state index contributed by atoms with van der Waals surface area (Å²) in [5, 5.41) is 4.03. The predicted molar refractivity (Wildman–Crippen MR) is 80.8 cm³/mol. The van der Waals surface area contributed by atoms with E-state index in [4.69, 9.17) is 11.6 Å². The highest BCUT2D eigenvalue weighted by Gasteiger charge is 2.09. The molecule has 0 aliphatic carbocycles. The zero-order valence-electron chi connectivity index (χ0n) is 12.0. The minimum absolute atomic E-state index is 0.277. The highest BCUT2D eigenvalue weighted by atomic mass is 35.5. The maximum atomic E-state index is 6.33. The Morgan fingerprint density at radius 2 is 1.89 bits per heavy atom. The van der Waals surface area contributed by atoms with Gasteiger partial charge in [0.2, 0.25) is 0 Å². The van der Waals surface area contributed by atoms with Crippen LogP contribution in [-0.4, -0.2) is 46.2 Å². The number of likely N-dealkylation sites (N-methyl/N-ethyl adjacent to an activating group) is 2. The maximum absolute atomic E-state index is 6.33. The summed E-state index contributed by atoms with van der Waals surface area (Å²) >= 11 is 6.33. The third-order valence-corrected chi connectivity index (χ3v) is 3.53. The second-order valence-electron chi connectivity index (χ2n) is 4.94. The average molecular weight is 270 g/mol. The first kappa shape index (κ1) is 15.3. The molecule has 0 radical (unpaired) electrons. The Kier molecular flexibility index (Phi) is 5.93. The van der Waals surface area contributed by atoms with Crippen LogP contribution in [0.2, 0.25) is 5.02 Å². The molecule has 0 bridgehead atoms. The lowest BCUT2D eigenvalue weighted by atomic mass is 10.1. The summed E-state index contributed by atoms with van der Waals surface area (Å²) in [6, 6.07) is 6.55. The molecule has 0 saturated carbocycles. The van der Waals surface area contributed by atoms with E-state index in [1.807, 2.05) is 13.1 Å². The maximum Gasteiger partial charge on any atom is 0.0474 e. The second kappa shape index (κ2) is 6.98. The van der Waals surface area contributed by atoms with Crippen LogP contribution >= 0.6 is 11.6 Å².